The maximum Gasteiger partial charge on any atom is 0.290 e. The van der Waals surface area contributed by atoms with Gasteiger partial charge >= 0.3 is 0 Å². The number of benzene rings is 1. The van der Waals surface area contributed by atoms with Crippen molar-refractivity contribution in [1.29, 1.82) is 0 Å². The molecule has 0 aromatic heterocycles. The number of Topliss-reactive ketones (excluding diaryl/α,β-unsaturated/α-hetero) is 1. The molecule has 1 unspecified atom stereocenters. The number of aliphatic hydroxyl groups excluding tert-OH is 1. The lowest BCUT2D eigenvalue weighted by atomic mass is 9.91. The number of nitrogens with zero attached hydrogens (tertiary/aromatic N) is 2. The van der Waals surface area contributed by atoms with Crippen molar-refractivity contribution in [2.24, 2.45) is 5.92 Å². The number of ketones is 1. The van der Waals surface area contributed by atoms with E-state index in [0.717, 1.165) is 25.9 Å². The Labute approximate surface area is 159 Å². The zero-order valence-electron chi connectivity index (χ0n) is 15.9. The van der Waals surface area contributed by atoms with E-state index in [0.29, 0.717) is 18.7 Å². The Bertz CT molecular complexity index is 736. The van der Waals surface area contributed by atoms with Crippen LogP contribution in [0, 0.1) is 11.7 Å². The van der Waals surface area contributed by atoms with Crippen LogP contribution < -0.4 is 0 Å². The van der Waals surface area contributed by atoms with Crippen LogP contribution in [-0.2, 0) is 9.59 Å². The lowest BCUT2D eigenvalue weighted by Crippen LogP contribution is -2.40. The highest BCUT2D eigenvalue weighted by Gasteiger charge is 2.43. The summed E-state index contributed by atoms with van der Waals surface area (Å²) >= 11 is 0. The number of likely N-dealkylation sites (tertiary alicyclic amines) is 1. The molecule has 1 N–H and O–H groups in total. The zero-order valence-corrected chi connectivity index (χ0v) is 15.9. The summed E-state index contributed by atoms with van der Waals surface area (Å²) in [6.07, 6.45) is 3.53. The van der Waals surface area contributed by atoms with Crippen molar-refractivity contribution < 1.29 is 19.1 Å². The zero-order chi connectivity index (χ0) is 19.6. The maximum absolute atomic E-state index is 13.4. The van der Waals surface area contributed by atoms with Gasteiger partial charge in [-0.15, -0.1) is 0 Å². The van der Waals surface area contributed by atoms with Crippen LogP contribution >= 0.6 is 0 Å². The number of amides is 1. The predicted molar refractivity (Wildman–Crippen MR) is 101 cm³/mol. The van der Waals surface area contributed by atoms with Gasteiger partial charge in [0.2, 0.25) is 0 Å². The molecule has 6 heteroatoms. The lowest BCUT2D eigenvalue weighted by Gasteiger charge is -2.32. The summed E-state index contributed by atoms with van der Waals surface area (Å²) in [5, 5.41) is 10.5. The monoisotopic (exact) mass is 374 g/mol. The van der Waals surface area contributed by atoms with Crippen molar-refractivity contribution >= 4 is 11.7 Å². The van der Waals surface area contributed by atoms with E-state index in [1.54, 1.807) is 30.9 Å². The van der Waals surface area contributed by atoms with E-state index >= 15 is 0 Å². The highest BCUT2D eigenvalue weighted by Crippen LogP contribution is 2.38. The largest absolute Gasteiger partial charge is 0.503 e. The van der Waals surface area contributed by atoms with Gasteiger partial charge in [0.25, 0.3) is 5.91 Å². The van der Waals surface area contributed by atoms with Crippen molar-refractivity contribution in [3.05, 3.63) is 47.0 Å². The fourth-order valence-electron chi connectivity index (χ4n) is 3.87. The average Bonchev–Trinajstić information content (AvgIpc) is 2.91. The van der Waals surface area contributed by atoms with Gasteiger partial charge in [0.15, 0.2) is 11.5 Å². The molecule has 5 nitrogen and oxygen atoms in total. The van der Waals surface area contributed by atoms with Crippen molar-refractivity contribution in [3.63, 3.8) is 0 Å². The smallest absolute Gasteiger partial charge is 0.290 e. The van der Waals surface area contributed by atoms with E-state index < -0.39 is 17.7 Å². The number of hydrogen-bond donors (Lipinski definition) is 1. The van der Waals surface area contributed by atoms with Crippen LogP contribution in [0.4, 0.5) is 4.39 Å². The van der Waals surface area contributed by atoms with E-state index in [9.17, 15) is 19.1 Å². The van der Waals surface area contributed by atoms with Crippen molar-refractivity contribution in [1.82, 2.24) is 9.80 Å². The molecule has 0 bridgehead atoms. The molecule has 0 aliphatic carbocycles. The molecule has 0 radical (unpaired) electrons. The third kappa shape index (κ3) is 4.05. The Kier molecular flexibility index (Phi) is 5.95. The Balaban J connectivity index is 1.89. The minimum absolute atomic E-state index is 0.125. The predicted octanol–water partition coefficient (Wildman–Crippen LogP) is 3.23. The van der Waals surface area contributed by atoms with E-state index in [4.69, 9.17) is 0 Å². The molecule has 1 saturated heterocycles. The van der Waals surface area contributed by atoms with Gasteiger partial charge in [-0.2, -0.15) is 0 Å². The molecule has 2 aliphatic rings. The van der Waals surface area contributed by atoms with Crippen LogP contribution in [-0.4, -0.2) is 52.8 Å². The number of aliphatic hydroxyl groups is 1. The molecule has 3 rings (SSSR count). The molecule has 0 saturated carbocycles. The first kappa shape index (κ1) is 19.5. The molecular weight excluding hydrogens is 347 g/mol. The van der Waals surface area contributed by atoms with Crippen LogP contribution in [0.25, 0.3) is 0 Å². The van der Waals surface area contributed by atoms with Crippen LogP contribution in [0.3, 0.4) is 0 Å². The van der Waals surface area contributed by atoms with Crippen molar-refractivity contribution in [2.75, 3.05) is 26.2 Å². The van der Waals surface area contributed by atoms with Crippen molar-refractivity contribution in [3.8, 4) is 0 Å². The normalized spacial score (nSPS) is 21.4. The Morgan fingerprint density at radius 3 is 2.37 bits per heavy atom. The van der Waals surface area contributed by atoms with E-state index in [2.05, 4.69) is 4.90 Å². The molecule has 1 amide bonds. The Hall–Kier alpha value is -2.21. The first-order valence-corrected chi connectivity index (χ1v) is 9.66. The van der Waals surface area contributed by atoms with Gasteiger partial charge in [0.05, 0.1) is 11.6 Å². The molecule has 1 aromatic rings. The Morgan fingerprint density at radius 1 is 1.15 bits per heavy atom. The fourth-order valence-corrected chi connectivity index (χ4v) is 3.87. The van der Waals surface area contributed by atoms with Crippen LogP contribution in [0.1, 0.15) is 44.7 Å². The van der Waals surface area contributed by atoms with Gasteiger partial charge in [-0.25, -0.2) is 4.39 Å². The summed E-state index contributed by atoms with van der Waals surface area (Å²) in [6.45, 7) is 6.59. The van der Waals surface area contributed by atoms with Crippen LogP contribution in [0.5, 0.6) is 0 Å². The fraction of sp³-hybridized carbons (Fsp3) is 0.524. The number of piperidine rings is 1. The molecule has 1 fully saturated rings. The second-order valence-corrected chi connectivity index (χ2v) is 7.64. The average molecular weight is 374 g/mol. The second kappa shape index (κ2) is 8.21. The third-order valence-electron chi connectivity index (χ3n) is 5.39. The summed E-state index contributed by atoms with van der Waals surface area (Å²) in [5.41, 5.74) is 0.761. The number of rotatable bonds is 6. The maximum atomic E-state index is 13.4. The highest BCUT2D eigenvalue weighted by atomic mass is 19.1. The van der Waals surface area contributed by atoms with Crippen LogP contribution in [0.2, 0.25) is 0 Å². The molecule has 146 valence electrons. The van der Waals surface area contributed by atoms with Gasteiger partial charge in [-0.05, 0) is 43.6 Å². The van der Waals surface area contributed by atoms with Gasteiger partial charge in [0, 0.05) is 19.0 Å². The topological polar surface area (TPSA) is 60.9 Å². The lowest BCUT2D eigenvalue weighted by molar-refractivity contribution is -0.129. The van der Waals surface area contributed by atoms with E-state index in [1.807, 2.05) is 0 Å². The number of hydrogen-bond acceptors (Lipinski definition) is 4. The quantitative estimate of drug-likeness (QED) is 0.830. The molecular formula is C21H27FN2O3. The standard InChI is InChI=1S/C21H27FN2O3/c1-14(2)19(25)17-18(15-6-8-16(22)9-7-15)24(21(27)20(17)26)13-12-23-10-4-3-5-11-23/h6-9,14,18,26H,3-5,10-13H2,1-2H3. The SMILES string of the molecule is CC(C)C(=O)C1=C(O)C(=O)N(CCN2CCCCC2)C1c1ccc(F)cc1. The number of carbonyl (C=O) groups excluding carboxylic acids is 2. The summed E-state index contributed by atoms with van der Waals surface area (Å²) in [7, 11) is 0. The summed E-state index contributed by atoms with van der Waals surface area (Å²) in [4.78, 5) is 29.3. The third-order valence-corrected chi connectivity index (χ3v) is 5.39. The first-order valence-electron chi connectivity index (χ1n) is 9.66. The highest BCUT2D eigenvalue weighted by molar-refractivity contribution is 6.09. The Morgan fingerprint density at radius 2 is 1.78 bits per heavy atom. The van der Waals surface area contributed by atoms with E-state index in [1.165, 1.54) is 18.6 Å². The van der Waals surface area contributed by atoms with Gasteiger partial charge in [-0.1, -0.05) is 32.4 Å². The summed E-state index contributed by atoms with van der Waals surface area (Å²) < 4.78 is 13.4. The van der Waals surface area contributed by atoms with Gasteiger partial charge in [0.1, 0.15) is 5.82 Å². The first-order chi connectivity index (χ1) is 12.9. The number of carbonyl (C=O) groups is 2. The molecule has 1 atom stereocenters. The second-order valence-electron chi connectivity index (χ2n) is 7.64. The molecule has 2 aliphatic heterocycles. The van der Waals surface area contributed by atoms with Crippen molar-refractivity contribution in [2.45, 2.75) is 39.2 Å². The minimum atomic E-state index is -0.669. The van der Waals surface area contributed by atoms with Crippen LogP contribution in [0.15, 0.2) is 35.6 Å². The minimum Gasteiger partial charge on any atom is -0.503 e. The van der Waals surface area contributed by atoms with Gasteiger partial charge < -0.3 is 14.9 Å². The molecule has 2 heterocycles. The van der Waals surface area contributed by atoms with E-state index in [-0.39, 0.29) is 23.1 Å². The summed E-state index contributed by atoms with van der Waals surface area (Å²) in [5.74, 6) is -1.98. The summed E-state index contributed by atoms with van der Waals surface area (Å²) in [6, 6.07) is 5.11. The molecule has 1 aromatic carbocycles. The molecule has 27 heavy (non-hydrogen) atoms. The van der Waals surface area contributed by atoms with Gasteiger partial charge in [-0.3, -0.25) is 9.59 Å². The number of halogens is 1. The molecule has 0 spiro atoms.